The van der Waals surface area contributed by atoms with Gasteiger partial charge in [0.1, 0.15) is 10.8 Å². The summed E-state index contributed by atoms with van der Waals surface area (Å²) in [7, 11) is 0. The third kappa shape index (κ3) is 3.26. The average molecular weight is 296 g/mol. The summed E-state index contributed by atoms with van der Waals surface area (Å²) in [6.07, 6.45) is 0. The van der Waals surface area contributed by atoms with Gasteiger partial charge in [-0.1, -0.05) is 11.3 Å². The highest BCUT2D eigenvalue weighted by molar-refractivity contribution is 7.15. The summed E-state index contributed by atoms with van der Waals surface area (Å²) in [5.41, 5.74) is -0.332. The Kier molecular flexibility index (Phi) is 3.89. The summed E-state index contributed by atoms with van der Waals surface area (Å²) in [5.74, 6) is -2.09. The monoisotopic (exact) mass is 296 g/mol. The lowest BCUT2D eigenvalue weighted by Gasteiger charge is -2.06. The topological polar surface area (TPSA) is 104 Å². The van der Waals surface area contributed by atoms with Crippen molar-refractivity contribution in [2.24, 2.45) is 0 Å². The van der Waals surface area contributed by atoms with Crippen LogP contribution in [0.5, 0.6) is 0 Å². The number of benzene rings is 1. The van der Waals surface area contributed by atoms with Crippen molar-refractivity contribution in [3.8, 4) is 0 Å². The number of carboxylic acids is 1. The molecular weight excluding hydrogens is 287 g/mol. The number of anilines is 2. The second-order valence-corrected chi connectivity index (χ2v) is 4.89. The van der Waals surface area contributed by atoms with Gasteiger partial charge in [0.2, 0.25) is 5.13 Å². The van der Waals surface area contributed by atoms with Gasteiger partial charge in [0.15, 0.2) is 0 Å². The number of nitrogens with zero attached hydrogens (tertiary/aromatic N) is 2. The highest BCUT2D eigenvalue weighted by Gasteiger charge is 2.12. The van der Waals surface area contributed by atoms with Crippen LogP contribution in [-0.2, 0) is 0 Å². The standard InChI is InChI=1S/C11H9FN4O3S/c1-5-15-16-11(20-5)14-10(19)13-8-3-2-6(9(17)18)4-7(8)12/h2-4H,1H3,(H,17,18)(H2,13,14,16,19). The molecule has 2 amide bonds. The van der Waals surface area contributed by atoms with E-state index in [9.17, 15) is 14.0 Å². The molecule has 1 heterocycles. The predicted octanol–water partition coefficient (Wildman–Crippen LogP) is 2.33. The molecule has 2 rings (SSSR count). The number of halogens is 1. The van der Waals surface area contributed by atoms with E-state index >= 15 is 0 Å². The van der Waals surface area contributed by atoms with Crippen LogP contribution in [-0.4, -0.2) is 27.3 Å². The minimum atomic E-state index is -1.25. The molecule has 1 aromatic carbocycles. The number of urea groups is 1. The van der Waals surface area contributed by atoms with E-state index in [1.807, 2.05) is 0 Å². The zero-order chi connectivity index (χ0) is 14.7. The molecule has 0 saturated heterocycles. The van der Waals surface area contributed by atoms with E-state index in [1.54, 1.807) is 6.92 Å². The molecule has 0 spiro atoms. The number of carboxylic acid groups (broad SMARTS) is 1. The smallest absolute Gasteiger partial charge is 0.335 e. The van der Waals surface area contributed by atoms with Gasteiger partial charge in [-0.2, -0.15) is 0 Å². The number of aromatic nitrogens is 2. The SMILES string of the molecule is Cc1nnc(NC(=O)Nc2ccc(C(=O)O)cc2F)s1. The largest absolute Gasteiger partial charge is 0.478 e. The fourth-order valence-corrected chi connectivity index (χ4v) is 1.93. The Morgan fingerprint density at radius 1 is 1.30 bits per heavy atom. The van der Waals surface area contributed by atoms with E-state index in [1.165, 1.54) is 23.5 Å². The first-order valence-corrected chi connectivity index (χ1v) is 6.18. The zero-order valence-corrected chi connectivity index (χ0v) is 11.0. The summed E-state index contributed by atoms with van der Waals surface area (Å²) in [5, 5.41) is 21.7. The Bertz CT molecular complexity index is 673. The van der Waals surface area contributed by atoms with Gasteiger partial charge in [0.25, 0.3) is 0 Å². The molecule has 0 aliphatic rings. The van der Waals surface area contributed by atoms with Crippen molar-refractivity contribution in [1.82, 2.24) is 10.2 Å². The number of rotatable bonds is 3. The summed E-state index contributed by atoms with van der Waals surface area (Å²) in [6.45, 7) is 1.73. The van der Waals surface area contributed by atoms with Gasteiger partial charge in [0, 0.05) is 0 Å². The van der Waals surface area contributed by atoms with Gasteiger partial charge < -0.3 is 10.4 Å². The van der Waals surface area contributed by atoms with Crippen LogP contribution in [0.25, 0.3) is 0 Å². The Morgan fingerprint density at radius 2 is 2.05 bits per heavy atom. The second kappa shape index (κ2) is 5.61. The molecule has 0 aliphatic carbocycles. The first kappa shape index (κ1) is 13.9. The van der Waals surface area contributed by atoms with Crippen LogP contribution in [0.4, 0.5) is 20.0 Å². The number of aryl methyl sites for hydroxylation is 1. The summed E-state index contributed by atoms with van der Waals surface area (Å²) in [6, 6.07) is 2.50. The van der Waals surface area contributed by atoms with Crippen LogP contribution in [0.1, 0.15) is 15.4 Å². The molecule has 2 aromatic rings. The summed E-state index contributed by atoms with van der Waals surface area (Å²) < 4.78 is 13.6. The molecule has 1 aromatic heterocycles. The Balaban J connectivity index is 2.06. The van der Waals surface area contributed by atoms with Crippen LogP contribution in [0.2, 0.25) is 0 Å². The van der Waals surface area contributed by atoms with Crippen molar-refractivity contribution in [1.29, 1.82) is 0 Å². The average Bonchev–Trinajstić information content (AvgIpc) is 2.77. The molecule has 0 radical (unpaired) electrons. The molecular formula is C11H9FN4O3S. The fraction of sp³-hybridized carbons (Fsp3) is 0.0909. The maximum Gasteiger partial charge on any atom is 0.335 e. The molecule has 9 heteroatoms. The van der Waals surface area contributed by atoms with Gasteiger partial charge in [-0.15, -0.1) is 10.2 Å². The molecule has 0 atom stereocenters. The lowest BCUT2D eigenvalue weighted by atomic mass is 10.2. The van der Waals surface area contributed by atoms with Crippen molar-refractivity contribution in [2.45, 2.75) is 6.92 Å². The first-order chi connectivity index (χ1) is 9.45. The van der Waals surface area contributed by atoms with Crippen molar-refractivity contribution in [3.63, 3.8) is 0 Å². The Labute approximate surface area is 116 Å². The predicted molar refractivity (Wildman–Crippen MR) is 70.6 cm³/mol. The number of carbonyl (C=O) groups is 2. The van der Waals surface area contributed by atoms with Gasteiger partial charge >= 0.3 is 12.0 Å². The molecule has 0 fully saturated rings. The summed E-state index contributed by atoms with van der Waals surface area (Å²) >= 11 is 1.17. The molecule has 0 saturated carbocycles. The highest BCUT2D eigenvalue weighted by atomic mass is 32.1. The van der Waals surface area contributed by atoms with Crippen molar-refractivity contribution in [2.75, 3.05) is 10.6 Å². The van der Waals surface area contributed by atoms with Crippen molar-refractivity contribution < 1.29 is 19.1 Å². The molecule has 3 N–H and O–H groups in total. The van der Waals surface area contributed by atoms with E-state index in [4.69, 9.17) is 5.11 Å². The van der Waals surface area contributed by atoms with E-state index in [2.05, 4.69) is 20.8 Å². The fourth-order valence-electron chi connectivity index (χ4n) is 1.35. The van der Waals surface area contributed by atoms with Gasteiger partial charge in [-0.25, -0.2) is 14.0 Å². The number of aromatic carboxylic acids is 1. The molecule has 20 heavy (non-hydrogen) atoms. The molecule has 0 aliphatic heterocycles. The lowest BCUT2D eigenvalue weighted by molar-refractivity contribution is 0.0696. The van der Waals surface area contributed by atoms with Crippen LogP contribution >= 0.6 is 11.3 Å². The van der Waals surface area contributed by atoms with Gasteiger partial charge in [0.05, 0.1) is 11.3 Å². The highest BCUT2D eigenvalue weighted by Crippen LogP contribution is 2.17. The Morgan fingerprint density at radius 3 is 2.60 bits per heavy atom. The number of nitrogens with one attached hydrogen (secondary N) is 2. The number of hydrogen-bond donors (Lipinski definition) is 3. The van der Waals surface area contributed by atoms with E-state index in [0.29, 0.717) is 5.01 Å². The minimum absolute atomic E-state index is 0.131. The quantitative estimate of drug-likeness (QED) is 0.806. The van der Waals surface area contributed by atoms with E-state index in [-0.39, 0.29) is 16.4 Å². The molecule has 0 unspecified atom stereocenters. The number of amides is 2. The van der Waals surface area contributed by atoms with Gasteiger partial charge in [-0.3, -0.25) is 5.32 Å². The third-order valence-corrected chi connectivity index (χ3v) is 2.96. The molecule has 0 bridgehead atoms. The van der Waals surface area contributed by atoms with Crippen molar-refractivity contribution >= 4 is 34.2 Å². The molecule has 104 valence electrons. The van der Waals surface area contributed by atoms with E-state index in [0.717, 1.165) is 6.07 Å². The lowest BCUT2D eigenvalue weighted by Crippen LogP contribution is -2.20. The third-order valence-electron chi connectivity index (χ3n) is 2.21. The zero-order valence-electron chi connectivity index (χ0n) is 10.2. The second-order valence-electron chi connectivity index (χ2n) is 3.71. The van der Waals surface area contributed by atoms with Gasteiger partial charge in [-0.05, 0) is 25.1 Å². The maximum atomic E-state index is 13.6. The van der Waals surface area contributed by atoms with E-state index < -0.39 is 17.8 Å². The van der Waals surface area contributed by atoms with Crippen LogP contribution in [0, 0.1) is 12.7 Å². The first-order valence-electron chi connectivity index (χ1n) is 5.36. The number of hydrogen-bond acceptors (Lipinski definition) is 5. The normalized spacial score (nSPS) is 10.1. The Hall–Kier alpha value is -2.55. The van der Waals surface area contributed by atoms with Crippen LogP contribution < -0.4 is 10.6 Å². The minimum Gasteiger partial charge on any atom is -0.478 e. The van der Waals surface area contributed by atoms with Crippen molar-refractivity contribution in [3.05, 3.63) is 34.6 Å². The van der Waals surface area contributed by atoms with Crippen LogP contribution in [0.15, 0.2) is 18.2 Å². The molecule has 7 nitrogen and oxygen atoms in total. The summed E-state index contributed by atoms with van der Waals surface area (Å²) in [4.78, 5) is 22.2. The number of carbonyl (C=O) groups excluding carboxylic acids is 1. The van der Waals surface area contributed by atoms with Crippen LogP contribution in [0.3, 0.4) is 0 Å². The maximum absolute atomic E-state index is 13.6.